The summed E-state index contributed by atoms with van der Waals surface area (Å²) in [6.45, 7) is 0.398. The Labute approximate surface area is 210 Å². The number of ether oxygens (including phenoxy) is 2. The smallest absolute Gasteiger partial charge is 0.343 e. The lowest BCUT2D eigenvalue weighted by Crippen LogP contribution is -2.49. The van der Waals surface area contributed by atoms with E-state index in [0.29, 0.717) is 17.9 Å². The number of hydrogen-bond acceptors (Lipinski definition) is 5. The second kappa shape index (κ2) is 10.4. The zero-order valence-electron chi connectivity index (χ0n) is 19.9. The van der Waals surface area contributed by atoms with Crippen LogP contribution in [0.15, 0.2) is 109 Å². The molecule has 0 aromatic heterocycles. The van der Waals surface area contributed by atoms with E-state index in [1.54, 1.807) is 6.07 Å². The molecule has 0 saturated carbocycles. The number of carbonyl (C=O) groups excluding carboxylic acids is 2. The van der Waals surface area contributed by atoms with Gasteiger partial charge in [-0.15, -0.1) is 0 Å². The monoisotopic (exact) mass is 478 g/mol. The number of anilines is 2. The minimum absolute atomic E-state index is 0.0769. The molecule has 0 fully saturated rings. The van der Waals surface area contributed by atoms with Crippen LogP contribution in [-0.2, 0) is 16.1 Å². The van der Waals surface area contributed by atoms with Crippen LogP contribution in [0, 0.1) is 0 Å². The number of carbonyl (C=O) groups is 2. The Kier molecular flexibility index (Phi) is 6.67. The van der Waals surface area contributed by atoms with Gasteiger partial charge in [-0.3, -0.25) is 9.69 Å². The van der Waals surface area contributed by atoms with Gasteiger partial charge in [0.1, 0.15) is 11.9 Å². The molecule has 5 rings (SSSR count). The molecule has 1 heterocycles. The van der Waals surface area contributed by atoms with Crippen LogP contribution < -0.4 is 14.5 Å². The fraction of sp³-hybridized carbons (Fsp3) is 0.133. The summed E-state index contributed by atoms with van der Waals surface area (Å²) in [4.78, 5) is 29.6. The highest BCUT2D eigenvalue weighted by Gasteiger charge is 2.39. The molecule has 6 nitrogen and oxygen atoms in total. The highest BCUT2D eigenvalue weighted by Crippen LogP contribution is 2.42. The first-order valence-electron chi connectivity index (χ1n) is 11.7. The molecule has 1 atom stereocenters. The fourth-order valence-corrected chi connectivity index (χ4v) is 4.51. The first-order valence-corrected chi connectivity index (χ1v) is 11.7. The van der Waals surface area contributed by atoms with E-state index in [-0.39, 0.29) is 12.5 Å². The maximum atomic E-state index is 13.9. The van der Waals surface area contributed by atoms with E-state index in [4.69, 9.17) is 9.47 Å². The lowest BCUT2D eigenvalue weighted by atomic mass is 9.99. The molecular weight excluding hydrogens is 452 g/mol. The lowest BCUT2D eigenvalue weighted by Gasteiger charge is -2.46. The van der Waals surface area contributed by atoms with Crippen molar-refractivity contribution in [3.63, 3.8) is 0 Å². The van der Waals surface area contributed by atoms with Gasteiger partial charge in [-0.1, -0.05) is 72.8 Å². The van der Waals surface area contributed by atoms with Crippen molar-refractivity contribution in [2.75, 3.05) is 23.5 Å². The summed E-state index contributed by atoms with van der Waals surface area (Å²) in [5.41, 5.74) is 4.29. The summed E-state index contributed by atoms with van der Waals surface area (Å²) >= 11 is 0. The second-order valence-electron chi connectivity index (χ2n) is 8.45. The number of esters is 1. The summed E-state index contributed by atoms with van der Waals surface area (Å²) in [5.74, 6) is -0.0114. The third-order valence-corrected chi connectivity index (χ3v) is 6.17. The van der Waals surface area contributed by atoms with Gasteiger partial charge in [0, 0.05) is 12.2 Å². The van der Waals surface area contributed by atoms with Crippen molar-refractivity contribution < 1.29 is 19.1 Å². The average molecular weight is 479 g/mol. The van der Waals surface area contributed by atoms with Gasteiger partial charge in [0.15, 0.2) is 6.61 Å². The van der Waals surface area contributed by atoms with Gasteiger partial charge < -0.3 is 14.4 Å². The topological polar surface area (TPSA) is 59.1 Å². The summed E-state index contributed by atoms with van der Waals surface area (Å²) in [6.07, 6.45) is -0.448. The number of para-hydroxylation sites is 2. The molecule has 1 amide bonds. The second-order valence-corrected chi connectivity index (χ2v) is 8.45. The molecular formula is C30H26N2O4. The van der Waals surface area contributed by atoms with E-state index in [0.717, 1.165) is 22.5 Å². The molecule has 4 aromatic carbocycles. The van der Waals surface area contributed by atoms with Crippen molar-refractivity contribution >= 4 is 23.3 Å². The standard InChI is InChI=1S/C30H26N2O4/c1-35-28(33)21-36-25-16-10-13-23(19-25)29-31(20-22-11-4-2-5-12-22)27-18-9-8-17-26(27)30(34)32(29)24-14-6-3-7-15-24/h2-19,29H,20-21H2,1H3/t29-/m0/s1. The quantitative estimate of drug-likeness (QED) is 0.324. The Hall–Kier alpha value is -4.58. The van der Waals surface area contributed by atoms with Crippen LogP contribution >= 0.6 is 0 Å². The predicted molar refractivity (Wildman–Crippen MR) is 139 cm³/mol. The molecule has 1 aliphatic rings. The number of fused-ring (bicyclic) bond motifs is 1. The van der Waals surface area contributed by atoms with Crippen LogP contribution in [0.4, 0.5) is 11.4 Å². The maximum Gasteiger partial charge on any atom is 0.343 e. The van der Waals surface area contributed by atoms with E-state index in [9.17, 15) is 9.59 Å². The van der Waals surface area contributed by atoms with Crippen molar-refractivity contribution in [1.82, 2.24) is 0 Å². The number of amides is 1. The predicted octanol–water partition coefficient (Wildman–Crippen LogP) is 5.60. The number of rotatable bonds is 7. The van der Waals surface area contributed by atoms with Gasteiger partial charge in [-0.25, -0.2) is 4.79 Å². The number of benzene rings is 4. The Morgan fingerprint density at radius 1 is 0.833 bits per heavy atom. The van der Waals surface area contributed by atoms with Gasteiger partial charge >= 0.3 is 5.97 Å². The third kappa shape index (κ3) is 4.66. The zero-order chi connectivity index (χ0) is 24.9. The summed E-state index contributed by atoms with van der Waals surface area (Å²) in [6, 6.07) is 35.1. The Morgan fingerprint density at radius 3 is 2.28 bits per heavy atom. The van der Waals surface area contributed by atoms with Crippen LogP contribution in [0.5, 0.6) is 5.75 Å². The van der Waals surface area contributed by atoms with Crippen LogP contribution in [0.2, 0.25) is 0 Å². The molecule has 0 saturated heterocycles. The third-order valence-electron chi connectivity index (χ3n) is 6.17. The van der Waals surface area contributed by atoms with Crippen molar-refractivity contribution in [3.05, 3.63) is 126 Å². The fourth-order valence-electron chi connectivity index (χ4n) is 4.51. The zero-order valence-corrected chi connectivity index (χ0v) is 19.9. The van der Waals surface area contributed by atoms with Gasteiger partial charge in [-0.05, 0) is 47.5 Å². The Bertz CT molecular complexity index is 1360. The molecule has 0 unspecified atom stereocenters. The van der Waals surface area contributed by atoms with Crippen molar-refractivity contribution in [1.29, 1.82) is 0 Å². The first-order chi connectivity index (χ1) is 17.7. The number of nitrogens with zero attached hydrogens (tertiary/aromatic N) is 2. The minimum atomic E-state index is -0.459. The number of hydrogen-bond donors (Lipinski definition) is 0. The molecule has 0 N–H and O–H groups in total. The van der Waals surface area contributed by atoms with Gasteiger partial charge in [0.25, 0.3) is 5.91 Å². The summed E-state index contributed by atoms with van der Waals surface area (Å²) < 4.78 is 10.4. The normalized spacial score (nSPS) is 14.8. The van der Waals surface area contributed by atoms with Gasteiger partial charge in [0.2, 0.25) is 0 Å². The van der Waals surface area contributed by atoms with E-state index in [1.165, 1.54) is 7.11 Å². The van der Waals surface area contributed by atoms with E-state index in [1.807, 2.05) is 95.9 Å². The van der Waals surface area contributed by atoms with Crippen LogP contribution in [0.3, 0.4) is 0 Å². The SMILES string of the molecule is COC(=O)COc1cccc([C@H]2N(Cc3ccccc3)c3ccccc3C(=O)N2c2ccccc2)c1. The van der Waals surface area contributed by atoms with Gasteiger partial charge in [-0.2, -0.15) is 0 Å². The first kappa shape index (κ1) is 23.2. The van der Waals surface area contributed by atoms with Gasteiger partial charge in [0.05, 0.1) is 18.4 Å². The lowest BCUT2D eigenvalue weighted by molar-refractivity contribution is -0.142. The highest BCUT2D eigenvalue weighted by atomic mass is 16.6. The van der Waals surface area contributed by atoms with Crippen LogP contribution in [0.25, 0.3) is 0 Å². The summed E-state index contributed by atoms with van der Waals surface area (Å²) in [7, 11) is 1.33. The maximum absolute atomic E-state index is 13.9. The van der Waals surface area contributed by atoms with E-state index in [2.05, 4.69) is 17.0 Å². The Morgan fingerprint density at radius 2 is 1.53 bits per heavy atom. The molecule has 1 aliphatic heterocycles. The molecule has 36 heavy (non-hydrogen) atoms. The molecule has 0 bridgehead atoms. The molecule has 0 spiro atoms. The molecule has 0 aliphatic carbocycles. The van der Waals surface area contributed by atoms with E-state index < -0.39 is 12.1 Å². The molecule has 0 radical (unpaired) electrons. The summed E-state index contributed by atoms with van der Waals surface area (Å²) in [5, 5.41) is 0. The minimum Gasteiger partial charge on any atom is -0.482 e. The van der Waals surface area contributed by atoms with Crippen LogP contribution in [0.1, 0.15) is 27.7 Å². The molecule has 4 aromatic rings. The average Bonchev–Trinajstić information content (AvgIpc) is 2.94. The highest BCUT2D eigenvalue weighted by molar-refractivity contribution is 6.12. The molecule has 6 heteroatoms. The van der Waals surface area contributed by atoms with Crippen molar-refractivity contribution in [2.45, 2.75) is 12.7 Å². The molecule has 180 valence electrons. The number of methoxy groups -OCH3 is 1. The largest absolute Gasteiger partial charge is 0.482 e. The van der Waals surface area contributed by atoms with E-state index >= 15 is 0 Å². The Balaban J connectivity index is 1.65. The van der Waals surface area contributed by atoms with Crippen LogP contribution in [-0.4, -0.2) is 25.6 Å². The van der Waals surface area contributed by atoms with Crippen molar-refractivity contribution in [3.8, 4) is 5.75 Å². The van der Waals surface area contributed by atoms with Crippen molar-refractivity contribution in [2.24, 2.45) is 0 Å².